The number of nitrogens with zero attached hydrogens (tertiary/aromatic N) is 1. The Hall–Kier alpha value is -2.32. The molecule has 1 aliphatic heterocycles. The first-order valence-electron chi connectivity index (χ1n) is 6.43. The molecular weight excluding hydrogens is 254 g/mol. The summed E-state index contributed by atoms with van der Waals surface area (Å²) in [5.41, 5.74) is 7.54. The molecule has 0 aromatic heterocycles. The Morgan fingerprint density at radius 1 is 1.40 bits per heavy atom. The highest BCUT2D eigenvalue weighted by atomic mass is 16.2. The van der Waals surface area contributed by atoms with E-state index in [1.54, 1.807) is 0 Å². The van der Waals surface area contributed by atoms with Crippen molar-refractivity contribution in [3.8, 4) is 12.3 Å². The number of hydrogen-bond donors (Lipinski definition) is 2. The summed E-state index contributed by atoms with van der Waals surface area (Å²) in [4.78, 5) is 25.3. The number of terminal acetylenes is 1. The average Bonchev–Trinajstić information content (AvgIpc) is 2.46. The van der Waals surface area contributed by atoms with Gasteiger partial charge in [-0.05, 0) is 11.1 Å². The van der Waals surface area contributed by atoms with E-state index in [1.165, 1.54) is 4.90 Å². The van der Waals surface area contributed by atoms with E-state index in [1.807, 2.05) is 24.3 Å². The Balaban J connectivity index is 2.16. The minimum absolute atomic E-state index is 0.107. The third kappa shape index (κ3) is 2.98. The summed E-state index contributed by atoms with van der Waals surface area (Å²) in [5, 5.41) is 2.84. The lowest BCUT2D eigenvalue weighted by Crippen LogP contribution is -2.53. The zero-order valence-electron chi connectivity index (χ0n) is 11.1. The predicted molar refractivity (Wildman–Crippen MR) is 75.4 cm³/mol. The lowest BCUT2D eigenvalue weighted by atomic mass is 9.93. The van der Waals surface area contributed by atoms with Crippen LogP contribution < -0.4 is 11.1 Å². The highest BCUT2D eigenvalue weighted by molar-refractivity contribution is 5.88. The number of fused-ring (bicyclic) bond motifs is 1. The van der Waals surface area contributed by atoms with Crippen LogP contribution in [0, 0.1) is 12.3 Å². The maximum Gasteiger partial charge on any atom is 0.240 e. The molecule has 0 aliphatic carbocycles. The fourth-order valence-corrected chi connectivity index (χ4v) is 2.38. The highest BCUT2D eigenvalue weighted by Crippen LogP contribution is 2.23. The van der Waals surface area contributed by atoms with Crippen molar-refractivity contribution in [2.75, 3.05) is 13.1 Å². The van der Waals surface area contributed by atoms with E-state index in [2.05, 4.69) is 11.2 Å². The molecule has 0 bridgehead atoms. The molecule has 3 N–H and O–H groups in total. The van der Waals surface area contributed by atoms with E-state index >= 15 is 0 Å². The number of rotatable bonds is 4. The fraction of sp³-hybridized carbons (Fsp3) is 0.333. The van der Waals surface area contributed by atoms with Gasteiger partial charge in [-0.2, -0.15) is 0 Å². The van der Waals surface area contributed by atoms with Gasteiger partial charge in [0.2, 0.25) is 11.8 Å². The molecule has 0 spiro atoms. The largest absolute Gasteiger partial charge is 0.368 e. The Bertz CT molecular complexity index is 562. The van der Waals surface area contributed by atoms with Gasteiger partial charge >= 0.3 is 0 Å². The zero-order chi connectivity index (χ0) is 14.5. The van der Waals surface area contributed by atoms with Crippen LogP contribution in [-0.2, 0) is 22.6 Å². The lowest BCUT2D eigenvalue weighted by molar-refractivity contribution is -0.139. The van der Waals surface area contributed by atoms with Crippen LogP contribution in [0.15, 0.2) is 24.3 Å². The molecule has 0 saturated heterocycles. The first-order valence-corrected chi connectivity index (χ1v) is 6.43. The number of hydrogen-bond acceptors (Lipinski definition) is 3. The molecule has 5 nitrogen and oxygen atoms in total. The maximum absolute atomic E-state index is 12.2. The molecule has 0 fully saturated rings. The van der Waals surface area contributed by atoms with E-state index in [9.17, 15) is 9.59 Å². The van der Waals surface area contributed by atoms with Gasteiger partial charge in [-0.1, -0.05) is 30.2 Å². The van der Waals surface area contributed by atoms with Crippen molar-refractivity contribution in [3.05, 3.63) is 35.4 Å². The van der Waals surface area contributed by atoms with Crippen molar-refractivity contribution in [1.82, 2.24) is 10.2 Å². The maximum atomic E-state index is 12.2. The number of carbonyl (C=O) groups excluding carboxylic acids is 2. The predicted octanol–water partition coefficient (Wildman–Crippen LogP) is -0.352. The van der Waals surface area contributed by atoms with Gasteiger partial charge in [0, 0.05) is 13.0 Å². The first-order chi connectivity index (χ1) is 9.63. The summed E-state index contributed by atoms with van der Waals surface area (Å²) in [6, 6.07) is 7.17. The second kappa shape index (κ2) is 6.22. The van der Waals surface area contributed by atoms with Crippen LogP contribution in [0.1, 0.15) is 11.1 Å². The summed E-state index contributed by atoms with van der Waals surface area (Å²) in [6.45, 7) is 0.827. The first kappa shape index (κ1) is 14.1. The second-order valence-corrected chi connectivity index (χ2v) is 4.72. The molecule has 104 valence electrons. The van der Waals surface area contributed by atoms with Crippen molar-refractivity contribution in [1.29, 1.82) is 0 Å². The van der Waals surface area contributed by atoms with Gasteiger partial charge < -0.3 is 10.6 Å². The summed E-state index contributed by atoms with van der Waals surface area (Å²) >= 11 is 0. The van der Waals surface area contributed by atoms with Gasteiger partial charge in [0.15, 0.2) is 0 Å². The fourth-order valence-electron chi connectivity index (χ4n) is 2.38. The molecule has 2 rings (SSSR count). The normalized spacial score (nSPS) is 17.1. The van der Waals surface area contributed by atoms with E-state index in [0.717, 1.165) is 11.1 Å². The quantitative estimate of drug-likeness (QED) is 0.580. The minimum Gasteiger partial charge on any atom is -0.368 e. The standard InChI is InChI=1S/C15H17N3O2/c1-2-7-17-9-14(19)18-10-12-6-4-3-5-11(12)8-13(18)15(16)20/h1,3-6,13,17H,7-10H2,(H2,16,20)/t13-/m0/s1. The highest BCUT2D eigenvalue weighted by Gasteiger charge is 2.32. The van der Waals surface area contributed by atoms with Crippen LogP contribution in [0.3, 0.4) is 0 Å². The third-order valence-corrected chi connectivity index (χ3v) is 3.40. The average molecular weight is 271 g/mol. The van der Waals surface area contributed by atoms with Crippen LogP contribution in [0.25, 0.3) is 0 Å². The van der Waals surface area contributed by atoms with Crippen molar-refractivity contribution in [2.24, 2.45) is 5.73 Å². The Labute approximate surface area is 118 Å². The topological polar surface area (TPSA) is 75.4 Å². The number of benzene rings is 1. The molecule has 1 heterocycles. The number of primary amides is 1. The molecule has 1 aromatic rings. The number of nitrogens with one attached hydrogen (secondary N) is 1. The van der Waals surface area contributed by atoms with Crippen molar-refractivity contribution in [3.63, 3.8) is 0 Å². The van der Waals surface area contributed by atoms with Crippen LogP contribution in [0.2, 0.25) is 0 Å². The van der Waals surface area contributed by atoms with Crippen LogP contribution in [0.5, 0.6) is 0 Å². The number of nitrogens with two attached hydrogens (primary N) is 1. The van der Waals surface area contributed by atoms with Gasteiger partial charge in [0.05, 0.1) is 13.1 Å². The lowest BCUT2D eigenvalue weighted by Gasteiger charge is -2.35. The second-order valence-electron chi connectivity index (χ2n) is 4.72. The molecular formula is C15H17N3O2. The van der Waals surface area contributed by atoms with E-state index in [4.69, 9.17) is 12.2 Å². The molecule has 0 saturated carbocycles. The SMILES string of the molecule is C#CCNCC(=O)N1Cc2ccccc2C[C@H]1C(N)=O. The Morgan fingerprint density at radius 2 is 2.10 bits per heavy atom. The van der Waals surface area contributed by atoms with E-state index in [-0.39, 0.29) is 12.5 Å². The van der Waals surface area contributed by atoms with E-state index in [0.29, 0.717) is 19.5 Å². The van der Waals surface area contributed by atoms with Crippen LogP contribution in [0.4, 0.5) is 0 Å². The van der Waals surface area contributed by atoms with Crippen LogP contribution in [-0.4, -0.2) is 35.8 Å². The molecule has 1 aliphatic rings. The minimum atomic E-state index is -0.593. The monoisotopic (exact) mass is 271 g/mol. The molecule has 1 aromatic carbocycles. The summed E-state index contributed by atoms with van der Waals surface area (Å²) in [6.07, 6.45) is 5.59. The van der Waals surface area contributed by atoms with Crippen molar-refractivity contribution >= 4 is 11.8 Å². The molecule has 20 heavy (non-hydrogen) atoms. The van der Waals surface area contributed by atoms with Crippen molar-refractivity contribution in [2.45, 2.75) is 19.0 Å². The molecule has 0 radical (unpaired) electrons. The van der Waals surface area contributed by atoms with Gasteiger partial charge in [-0.3, -0.25) is 14.9 Å². The Morgan fingerprint density at radius 3 is 2.75 bits per heavy atom. The van der Waals surface area contributed by atoms with E-state index < -0.39 is 11.9 Å². The third-order valence-electron chi connectivity index (χ3n) is 3.40. The van der Waals surface area contributed by atoms with Crippen LogP contribution >= 0.6 is 0 Å². The number of carbonyl (C=O) groups is 2. The number of amides is 2. The molecule has 2 amide bonds. The van der Waals surface area contributed by atoms with Gasteiger partial charge in [0.1, 0.15) is 6.04 Å². The molecule has 1 atom stereocenters. The van der Waals surface area contributed by atoms with Gasteiger partial charge in [0.25, 0.3) is 0 Å². The summed E-state index contributed by atoms with van der Waals surface area (Å²) in [7, 11) is 0. The molecule has 5 heteroatoms. The smallest absolute Gasteiger partial charge is 0.240 e. The van der Waals surface area contributed by atoms with Crippen molar-refractivity contribution < 1.29 is 9.59 Å². The van der Waals surface area contributed by atoms with Gasteiger partial charge in [-0.25, -0.2) is 0 Å². The zero-order valence-corrected chi connectivity index (χ0v) is 11.1. The Kier molecular flexibility index (Phi) is 4.38. The summed E-state index contributed by atoms with van der Waals surface area (Å²) in [5.74, 6) is 1.75. The van der Waals surface area contributed by atoms with Gasteiger partial charge in [-0.15, -0.1) is 6.42 Å². The molecule has 0 unspecified atom stereocenters. The summed E-state index contributed by atoms with van der Waals surface area (Å²) < 4.78 is 0.